The van der Waals surface area contributed by atoms with E-state index in [2.05, 4.69) is 39.4 Å². The Hall–Kier alpha value is -1.25. The Morgan fingerprint density at radius 3 is 0.467 bits per heavy atom. The first-order chi connectivity index (χ1) is 6.00. The predicted octanol–water partition coefficient (Wildman–Crippen LogP) is -1.63. The summed E-state index contributed by atoms with van der Waals surface area (Å²) >= 11 is 0. The summed E-state index contributed by atoms with van der Waals surface area (Å²) in [6, 6.07) is 0. The van der Waals surface area contributed by atoms with Crippen molar-refractivity contribution in [1.82, 2.24) is 0 Å². The van der Waals surface area contributed by atoms with Crippen LogP contribution in [0.1, 0.15) is 1.43 Å². The van der Waals surface area contributed by atoms with Gasteiger partial charge in [-0.1, -0.05) is 0 Å². The maximum Gasteiger partial charge on any atom is 1.00 e. The summed E-state index contributed by atoms with van der Waals surface area (Å²) < 4.78 is 0. The van der Waals surface area contributed by atoms with Crippen LogP contribution in [0.15, 0.2) is 0 Å². The van der Waals surface area contributed by atoms with E-state index in [9.17, 15) is 0 Å². The maximum atomic E-state index is 6.50. The Balaban J connectivity index is -0.00000000321. The molecule has 78 valence electrons. The van der Waals surface area contributed by atoms with E-state index in [1.807, 2.05) is 0 Å². The Morgan fingerprint density at radius 1 is 0.467 bits per heavy atom. The first-order valence-corrected chi connectivity index (χ1v) is 1.55. The van der Waals surface area contributed by atoms with Gasteiger partial charge in [-0.05, 0) is 0 Å². The van der Waals surface area contributed by atoms with Gasteiger partial charge in [0.2, 0.25) is 0 Å². The summed E-state index contributed by atoms with van der Waals surface area (Å²) in [5, 5.41) is 39.0. The van der Waals surface area contributed by atoms with Crippen molar-refractivity contribution in [2.45, 2.75) is 0 Å². The number of hydrogen-bond acceptors (Lipinski definition) is 6. The molecule has 0 aromatic carbocycles. The van der Waals surface area contributed by atoms with Crippen molar-refractivity contribution in [3.63, 3.8) is 0 Å². The van der Waals surface area contributed by atoms with Crippen LogP contribution in [0, 0.1) is 71.0 Å². The van der Waals surface area contributed by atoms with Gasteiger partial charge in [0, 0.05) is 56.5 Å². The fraction of sp³-hybridized carbons (Fsp3) is 0. The molecule has 0 heterocycles. The van der Waals surface area contributed by atoms with Gasteiger partial charge in [-0.15, -0.1) is 12.4 Å². The minimum absolute atomic E-state index is 0. The molecule has 0 N–H and O–H groups in total. The van der Waals surface area contributed by atoms with Crippen molar-refractivity contribution in [2.75, 3.05) is 0 Å². The fourth-order valence-electron chi connectivity index (χ4n) is 0. The molecular weight excluding hydrogens is 270 g/mol. The van der Waals surface area contributed by atoms with Crippen LogP contribution in [0.2, 0.25) is 0 Å². The fourth-order valence-corrected chi connectivity index (χ4v) is 0. The van der Waals surface area contributed by atoms with Crippen LogP contribution in [0.3, 0.4) is 0 Å². The number of halogens is 1. The van der Waals surface area contributed by atoms with Gasteiger partial charge < -0.3 is 1.43 Å². The quantitative estimate of drug-likeness (QED) is 0.487. The van der Waals surface area contributed by atoms with E-state index in [-0.39, 0.29) is 60.5 Å². The molecule has 0 fully saturated rings. The van der Waals surface area contributed by atoms with Gasteiger partial charge in [-0.3, -0.25) is 0 Å². The molecule has 0 aliphatic carbocycles. The number of rotatable bonds is 0. The number of nitrogens with zero attached hydrogens (tertiary/aromatic N) is 6. The Morgan fingerprint density at radius 2 is 0.467 bits per heavy atom. The average molecular weight is 278 g/mol. The zero-order chi connectivity index (χ0) is 12.0. The van der Waals surface area contributed by atoms with Crippen LogP contribution >= 0.6 is 12.4 Å². The van der Waals surface area contributed by atoms with Crippen LogP contribution in [0.4, 0.5) is 0 Å². The van der Waals surface area contributed by atoms with Gasteiger partial charge in [-0.25, -0.2) is 31.6 Å². The van der Waals surface area contributed by atoms with E-state index < -0.39 is 0 Å². The van der Waals surface area contributed by atoms with Gasteiger partial charge >= 0.3 is 29.6 Å². The minimum Gasteiger partial charge on any atom is -1.00 e. The molecule has 0 rings (SSSR count). The van der Waals surface area contributed by atoms with E-state index in [0.717, 1.165) is 0 Å². The van der Waals surface area contributed by atoms with Gasteiger partial charge in [0.05, 0.1) is 0 Å². The largest absolute Gasteiger partial charge is 1.00 e. The molecule has 6 nitrogen and oxygen atoms in total. The second kappa shape index (κ2) is 1130. The first-order valence-electron chi connectivity index (χ1n) is 1.55. The molecule has 0 spiro atoms. The van der Waals surface area contributed by atoms with Crippen molar-refractivity contribution in [3.05, 3.63) is 0 Å². The molecule has 0 aromatic heterocycles. The number of hydrogen-bond donors (Lipinski definition) is 0. The molecule has 0 amide bonds. The van der Waals surface area contributed by atoms with Crippen LogP contribution in [0.25, 0.3) is 0 Å². The van der Waals surface area contributed by atoms with Crippen molar-refractivity contribution in [3.8, 4) is 39.4 Å². The van der Waals surface area contributed by atoms with E-state index >= 15 is 0 Å². The third-order valence-electron chi connectivity index (χ3n) is 0. The first kappa shape index (κ1) is 99.1. The molecule has 0 aliphatic rings. The van der Waals surface area contributed by atoms with E-state index in [1.54, 1.807) is 0 Å². The molecular formula is C6H8ClFeN6Na. The Labute approximate surface area is 131 Å². The zero-order valence-corrected chi connectivity index (χ0v) is 11.8. The van der Waals surface area contributed by atoms with Crippen molar-refractivity contribution in [1.29, 1.82) is 31.6 Å². The monoisotopic (exact) mass is 278 g/mol. The molecule has 0 radical (unpaired) electrons. The molecule has 0 saturated carbocycles. The topological polar surface area (TPSA) is 143 Å². The standard InChI is InChI=1S/6CHN.ClH.Fe.Na.H/c6*1-2;;;;/h6*1H;1H;;;/q;;;;;;;;+1;-1. The summed E-state index contributed by atoms with van der Waals surface area (Å²) in [7, 11) is 0. The SMILES string of the molecule is C#N.C#N.C#N.C#N.C#N.C#N.Cl.[Fe].[H-].[Na+]. The van der Waals surface area contributed by atoms with Crippen LogP contribution in [-0.2, 0) is 17.1 Å². The summed E-state index contributed by atoms with van der Waals surface area (Å²) in [6.07, 6.45) is 0. The third kappa shape index (κ3) is 942. The number of nitriles is 6. The Kier molecular flexibility index (Phi) is 7430. The molecule has 0 atom stereocenters. The molecule has 0 aliphatic heterocycles. The minimum atomic E-state index is 0. The van der Waals surface area contributed by atoms with Gasteiger partial charge in [0.15, 0.2) is 0 Å². The average Bonchev–Trinajstić information content (AvgIpc) is 2.33. The molecule has 0 bridgehead atoms. The predicted molar refractivity (Wildman–Crippen MR) is 48.4 cm³/mol. The molecule has 0 saturated heterocycles. The molecule has 0 aromatic rings. The van der Waals surface area contributed by atoms with Crippen LogP contribution in [-0.4, -0.2) is 0 Å². The van der Waals surface area contributed by atoms with Gasteiger partial charge in [0.25, 0.3) is 0 Å². The third-order valence-corrected chi connectivity index (χ3v) is 0. The van der Waals surface area contributed by atoms with Crippen molar-refractivity contribution >= 4 is 12.4 Å². The molecule has 9 heteroatoms. The summed E-state index contributed by atoms with van der Waals surface area (Å²) in [5.41, 5.74) is 0. The second-order valence-corrected chi connectivity index (χ2v) is 0. The van der Waals surface area contributed by atoms with Crippen LogP contribution in [0.5, 0.6) is 0 Å². The van der Waals surface area contributed by atoms with E-state index in [1.165, 1.54) is 0 Å². The normalized spacial score (nSPS) is 0.800. The summed E-state index contributed by atoms with van der Waals surface area (Å²) in [5.74, 6) is 0. The summed E-state index contributed by atoms with van der Waals surface area (Å²) in [6.45, 7) is 21.0. The van der Waals surface area contributed by atoms with Crippen LogP contribution < -0.4 is 29.6 Å². The maximum absolute atomic E-state index is 6.50. The second-order valence-electron chi connectivity index (χ2n) is 0. The van der Waals surface area contributed by atoms with E-state index in [0.29, 0.717) is 0 Å². The van der Waals surface area contributed by atoms with Gasteiger partial charge in [0.1, 0.15) is 0 Å². The Bertz CT molecular complexity index is 108. The molecule has 0 unspecified atom stereocenters. The van der Waals surface area contributed by atoms with Crippen molar-refractivity contribution in [2.24, 2.45) is 0 Å². The van der Waals surface area contributed by atoms with E-state index in [4.69, 9.17) is 31.6 Å². The summed E-state index contributed by atoms with van der Waals surface area (Å²) in [4.78, 5) is 0. The smallest absolute Gasteiger partial charge is 1.00 e. The molecule has 15 heavy (non-hydrogen) atoms. The van der Waals surface area contributed by atoms with Gasteiger partial charge in [-0.2, -0.15) is 0 Å². The van der Waals surface area contributed by atoms with Crippen molar-refractivity contribution < 1.29 is 48.1 Å². The zero-order valence-electron chi connectivity index (χ0n) is 8.91.